The maximum atomic E-state index is 9.33. The summed E-state index contributed by atoms with van der Waals surface area (Å²) in [6.45, 7) is 5.23. The van der Waals surface area contributed by atoms with Crippen molar-refractivity contribution in [3.8, 4) is 23.1 Å². The van der Waals surface area contributed by atoms with Crippen LogP contribution in [0, 0.1) is 11.3 Å². The largest absolute Gasteiger partial charge is 0.480 e. The highest BCUT2D eigenvalue weighted by Gasteiger charge is 2.12. The van der Waals surface area contributed by atoms with Gasteiger partial charge in [-0.3, -0.25) is 4.90 Å². The van der Waals surface area contributed by atoms with Crippen molar-refractivity contribution in [1.82, 2.24) is 19.9 Å². The first-order valence-corrected chi connectivity index (χ1v) is 9.52. The first kappa shape index (κ1) is 19.1. The van der Waals surface area contributed by atoms with Crippen LogP contribution in [0.5, 0.6) is 5.88 Å². The minimum absolute atomic E-state index is 0.325. The van der Waals surface area contributed by atoms with Crippen LogP contribution in [0.25, 0.3) is 22.0 Å². The molecule has 0 atom stereocenters. The van der Waals surface area contributed by atoms with Crippen LogP contribution in [-0.2, 0) is 4.74 Å². The molecule has 1 saturated heterocycles. The summed E-state index contributed by atoms with van der Waals surface area (Å²) in [6.07, 6.45) is 3.28. The zero-order chi connectivity index (χ0) is 20.1. The Morgan fingerprint density at radius 2 is 2.03 bits per heavy atom. The molecule has 8 nitrogen and oxygen atoms in total. The smallest absolute Gasteiger partial charge is 0.231 e. The third-order valence-electron chi connectivity index (χ3n) is 4.96. The maximum absolute atomic E-state index is 9.33. The lowest BCUT2D eigenvalue weighted by atomic mass is 10.0. The van der Waals surface area contributed by atoms with Crippen LogP contribution < -0.4 is 10.1 Å². The molecule has 0 spiro atoms. The number of nitriles is 1. The number of anilines is 1. The molecule has 4 rings (SSSR count). The summed E-state index contributed by atoms with van der Waals surface area (Å²) >= 11 is 0. The van der Waals surface area contributed by atoms with E-state index in [9.17, 15) is 5.26 Å². The zero-order valence-electron chi connectivity index (χ0n) is 16.3. The van der Waals surface area contributed by atoms with Crippen molar-refractivity contribution >= 4 is 16.7 Å². The van der Waals surface area contributed by atoms with Gasteiger partial charge in [-0.1, -0.05) is 6.07 Å². The summed E-state index contributed by atoms with van der Waals surface area (Å²) in [5.74, 6) is 1.12. The van der Waals surface area contributed by atoms with E-state index in [1.54, 1.807) is 18.6 Å². The fraction of sp³-hybridized carbons (Fsp3) is 0.333. The Morgan fingerprint density at radius 3 is 2.83 bits per heavy atom. The van der Waals surface area contributed by atoms with Crippen molar-refractivity contribution in [1.29, 1.82) is 5.26 Å². The Kier molecular flexibility index (Phi) is 5.79. The first-order chi connectivity index (χ1) is 14.3. The summed E-state index contributed by atoms with van der Waals surface area (Å²) in [5.41, 5.74) is 3.04. The number of pyridine rings is 1. The van der Waals surface area contributed by atoms with E-state index in [4.69, 9.17) is 9.47 Å². The second-order valence-corrected chi connectivity index (χ2v) is 6.73. The van der Waals surface area contributed by atoms with Crippen molar-refractivity contribution < 1.29 is 9.47 Å². The second-order valence-electron chi connectivity index (χ2n) is 6.73. The number of ether oxygens (including phenoxy) is 2. The molecule has 29 heavy (non-hydrogen) atoms. The molecule has 0 bridgehead atoms. The van der Waals surface area contributed by atoms with Gasteiger partial charge in [0.05, 0.1) is 25.8 Å². The van der Waals surface area contributed by atoms with Gasteiger partial charge >= 0.3 is 0 Å². The van der Waals surface area contributed by atoms with Gasteiger partial charge in [-0.2, -0.15) is 5.26 Å². The molecular formula is C21H22N6O2. The van der Waals surface area contributed by atoms with Crippen LogP contribution in [0.15, 0.2) is 36.8 Å². The lowest BCUT2D eigenvalue weighted by molar-refractivity contribution is 0.0398. The van der Waals surface area contributed by atoms with Crippen LogP contribution in [-0.4, -0.2) is 66.4 Å². The molecule has 2 aromatic heterocycles. The molecule has 1 aromatic carbocycles. The molecule has 1 aliphatic heterocycles. The van der Waals surface area contributed by atoms with Gasteiger partial charge in [0, 0.05) is 43.3 Å². The van der Waals surface area contributed by atoms with E-state index >= 15 is 0 Å². The molecule has 0 amide bonds. The zero-order valence-corrected chi connectivity index (χ0v) is 16.3. The van der Waals surface area contributed by atoms with Gasteiger partial charge in [0.1, 0.15) is 23.8 Å². The first-order valence-electron chi connectivity index (χ1n) is 9.52. The minimum atomic E-state index is 0.325. The van der Waals surface area contributed by atoms with Gasteiger partial charge in [0.15, 0.2) is 0 Å². The number of nitrogens with zero attached hydrogens (tertiary/aromatic N) is 5. The number of fused-ring (bicyclic) bond motifs is 1. The van der Waals surface area contributed by atoms with Crippen LogP contribution in [0.4, 0.5) is 5.82 Å². The molecule has 1 N–H and O–H groups in total. The van der Waals surface area contributed by atoms with Crippen LogP contribution in [0.2, 0.25) is 0 Å². The lowest BCUT2D eigenvalue weighted by Crippen LogP contribution is -2.39. The molecule has 1 aliphatic rings. The summed E-state index contributed by atoms with van der Waals surface area (Å²) in [4.78, 5) is 15.4. The number of hydrogen-bond acceptors (Lipinski definition) is 8. The molecule has 1 fully saturated rings. The summed E-state index contributed by atoms with van der Waals surface area (Å²) < 4.78 is 10.5. The Labute approximate surface area is 169 Å². The Hall–Kier alpha value is -3.28. The quantitative estimate of drug-likeness (QED) is 0.685. The van der Waals surface area contributed by atoms with Crippen LogP contribution >= 0.6 is 0 Å². The Morgan fingerprint density at radius 1 is 1.17 bits per heavy atom. The molecule has 0 unspecified atom stereocenters. The van der Waals surface area contributed by atoms with Crippen molar-refractivity contribution in [2.45, 2.75) is 0 Å². The van der Waals surface area contributed by atoms with Crippen LogP contribution in [0.1, 0.15) is 5.56 Å². The Balaban J connectivity index is 1.58. The standard InChI is InChI=1S/C21H22N6O2/c1-28-21-16(12-22)10-17(13-24-21)15-2-3-19-18(11-15)20(26-14-25-19)23-4-5-27-6-8-29-9-7-27/h2-3,10-11,13-14H,4-9H2,1H3,(H,23,25,26). The predicted octanol–water partition coefficient (Wildman–Crippen LogP) is 2.32. The molecule has 0 saturated carbocycles. The number of morpholine rings is 1. The normalized spacial score (nSPS) is 14.5. The van der Waals surface area contributed by atoms with Gasteiger partial charge in [0.2, 0.25) is 5.88 Å². The van der Waals surface area contributed by atoms with E-state index < -0.39 is 0 Å². The third-order valence-corrected chi connectivity index (χ3v) is 4.96. The maximum Gasteiger partial charge on any atom is 0.231 e. The van der Waals surface area contributed by atoms with Gasteiger partial charge in [0.25, 0.3) is 0 Å². The molecule has 3 aromatic rings. The lowest BCUT2D eigenvalue weighted by Gasteiger charge is -2.26. The second kappa shape index (κ2) is 8.82. The number of rotatable bonds is 6. The average Bonchev–Trinajstić information content (AvgIpc) is 2.79. The highest BCUT2D eigenvalue weighted by atomic mass is 16.5. The topological polar surface area (TPSA) is 96.2 Å². The van der Waals surface area contributed by atoms with E-state index in [0.29, 0.717) is 11.4 Å². The van der Waals surface area contributed by atoms with E-state index in [0.717, 1.165) is 67.2 Å². The fourth-order valence-corrected chi connectivity index (χ4v) is 3.39. The van der Waals surface area contributed by atoms with E-state index in [1.165, 1.54) is 7.11 Å². The summed E-state index contributed by atoms with van der Waals surface area (Å²) in [6, 6.07) is 9.85. The van der Waals surface area contributed by atoms with Gasteiger partial charge < -0.3 is 14.8 Å². The summed E-state index contributed by atoms with van der Waals surface area (Å²) in [5, 5.41) is 13.7. The number of hydrogen-bond donors (Lipinski definition) is 1. The van der Waals surface area contributed by atoms with Crippen molar-refractivity contribution in [3.05, 3.63) is 42.4 Å². The third kappa shape index (κ3) is 4.26. The van der Waals surface area contributed by atoms with E-state index in [2.05, 4.69) is 31.2 Å². The monoisotopic (exact) mass is 390 g/mol. The van der Waals surface area contributed by atoms with Crippen molar-refractivity contribution in [2.75, 3.05) is 51.8 Å². The van der Waals surface area contributed by atoms with Crippen molar-refractivity contribution in [2.24, 2.45) is 0 Å². The Bertz CT molecular complexity index is 1040. The molecule has 3 heterocycles. The summed E-state index contributed by atoms with van der Waals surface area (Å²) in [7, 11) is 1.51. The van der Waals surface area contributed by atoms with E-state index in [-0.39, 0.29) is 0 Å². The number of benzene rings is 1. The number of nitrogens with one attached hydrogen (secondary N) is 1. The van der Waals surface area contributed by atoms with Crippen molar-refractivity contribution in [3.63, 3.8) is 0 Å². The highest BCUT2D eigenvalue weighted by Crippen LogP contribution is 2.28. The molecule has 148 valence electrons. The van der Waals surface area contributed by atoms with Gasteiger partial charge in [-0.05, 0) is 23.8 Å². The number of aromatic nitrogens is 3. The molecule has 0 radical (unpaired) electrons. The van der Waals surface area contributed by atoms with Gasteiger partial charge in [-0.15, -0.1) is 0 Å². The molecular weight excluding hydrogens is 368 g/mol. The van der Waals surface area contributed by atoms with E-state index in [1.807, 2.05) is 18.2 Å². The molecule has 0 aliphatic carbocycles. The highest BCUT2D eigenvalue weighted by molar-refractivity contribution is 5.92. The van der Waals surface area contributed by atoms with Gasteiger partial charge in [-0.25, -0.2) is 15.0 Å². The average molecular weight is 390 g/mol. The SMILES string of the molecule is COc1ncc(-c2ccc3ncnc(NCCN4CCOCC4)c3c2)cc1C#N. The fourth-order valence-electron chi connectivity index (χ4n) is 3.39. The molecule has 8 heteroatoms. The number of methoxy groups -OCH3 is 1. The van der Waals surface area contributed by atoms with Crippen LogP contribution in [0.3, 0.4) is 0 Å². The minimum Gasteiger partial charge on any atom is -0.480 e. The predicted molar refractivity (Wildman–Crippen MR) is 110 cm³/mol.